The summed E-state index contributed by atoms with van der Waals surface area (Å²) in [4.78, 5) is 29.1. The molecule has 0 unspecified atom stereocenters. The maximum Gasteiger partial charge on any atom is 0.264 e. The number of nitrogens with one attached hydrogen (secondary N) is 1. The molecule has 1 N–H and O–H groups in total. The summed E-state index contributed by atoms with van der Waals surface area (Å²) in [7, 11) is -2.71. The van der Waals surface area contributed by atoms with E-state index >= 15 is 0 Å². The van der Waals surface area contributed by atoms with E-state index in [4.69, 9.17) is 23.2 Å². The molecule has 0 aliphatic heterocycles. The van der Waals surface area contributed by atoms with Crippen molar-refractivity contribution in [3.05, 3.63) is 129 Å². The van der Waals surface area contributed by atoms with Crippen LogP contribution in [0.5, 0.6) is 0 Å². The van der Waals surface area contributed by atoms with Crippen molar-refractivity contribution in [2.45, 2.75) is 37.8 Å². The van der Waals surface area contributed by atoms with E-state index in [-0.39, 0.29) is 29.5 Å². The molecule has 0 aromatic heterocycles. The molecule has 0 bridgehead atoms. The molecule has 0 aliphatic rings. The Labute approximate surface area is 263 Å². The van der Waals surface area contributed by atoms with Crippen LogP contribution in [-0.2, 0) is 32.6 Å². The number of carbonyl (C=O) groups excluding carboxylic acids is 2. The molecule has 0 aliphatic carbocycles. The zero-order valence-corrected chi connectivity index (χ0v) is 26.5. The lowest BCUT2D eigenvalue weighted by atomic mass is 10.0. The zero-order chi connectivity index (χ0) is 31.1. The summed E-state index contributed by atoms with van der Waals surface area (Å²) in [5, 5.41) is 3.50. The Morgan fingerprint density at radius 2 is 1.51 bits per heavy atom. The fourth-order valence-corrected chi connectivity index (χ4v) is 6.45. The van der Waals surface area contributed by atoms with Gasteiger partial charge in [-0.1, -0.05) is 89.4 Å². The van der Waals surface area contributed by atoms with Crippen molar-refractivity contribution in [3.63, 3.8) is 0 Å². The minimum Gasteiger partial charge on any atom is -0.357 e. The third-order valence-electron chi connectivity index (χ3n) is 7.09. The van der Waals surface area contributed by atoms with Crippen LogP contribution >= 0.6 is 23.2 Å². The molecule has 43 heavy (non-hydrogen) atoms. The third-order valence-corrected chi connectivity index (χ3v) is 9.52. The van der Waals surface area contributed by atoms with E-state index in [0.717, 1.165) is 21.0 Å². The van der Waals surface area contributed by atoms with Crippen molar-refractivity contribution in [3.8, 4) is 0 Å². The second-order valence-corrected chi connectivity index (χ2v) is 12.9. The molecular formula is C33H33Cl2N3O4S. The van der Waals surface area contributed by atoms with Gasteiger partial charge in [0.05, 0.1) is 10.6 Å². The van der Waals surface area contributed by atoms with Crippen molar-refractivity contribution >= 4 is 50.7 Å². The van der Waals surface area contributed by atoms with Crippen LogP contribution < -0.4 is 9.62 Å². The largest absolute Gasteiger partial charge is 0.357 e. The van der Waals surface area contributed by atoms with Crippen LogP contribution in [0.25, 0.3) is 0 Å². The van der Waals surface area contributed by atoms with Crippen molar-refractivity contribution < 1.29 is 18.0 Å². The fraction of sp³-hybridized carbons (Fsp3) is 0.212. The summed E-state index contributed by atoms with van der Waals surface area (Å²) in [6, 6.07) is 26.6. The Morgan fingerprint density at radius 1 is 0.837 bits per heavy atom. The first-order valence-corrected chi connectivity index (χ1v) is 15.8. The van der Waals surface area contributed by atoms with Crippen LogP contribution in [0.2, 0.25) is 10.0 Å². The molecular weight excluding hydrogens is 605 g/mol. The van der Waals surface area contributed by atoms with Gasteiger partial charge in [0.25, 0.3) is 10.0 Å². The van der Waals surface area contributed by atoms with E-state index in [0.29, 0.717) is 15.6 Å². The lowest BCUT2D eigenvalue weighted by Gasteiger charge is -2.33. The molecule has 1 atom stereocenters. The van der Waals surface area contributed by atoms with E-state index < -0.39 is 28.5 Å². The summed E-state index contributed by atoms with van der Waals surface area (Å²) in [6.07, 6.45) is 0.216. The molecule has 10 heteroatoms. The quantitative estimate of drug-likeness (QED) is 0.212. The van der Waals surface area contributed by atoms with Gasteiger partial charge in [-0.25, -0.2) is 8.42 Å². The number of likely N-dealkylation sites (N-methyl/N-ethyl adjacent to an activating group) is 1. The Kier molecular flexibility index (Phi) is 10.5. The van der Waals surface area contributed by atoms with Gasteiger partial charge < -0.3 is 10.2 Å². The van der Waals surface area contributed by atoms with Gasteiger partial charge in [0.1, 0.15) is 12.6 Å². The first kappa shape index (κ1) is 32.1. The molecule has 0 heterocycles. The van der Waals surface area contributed by atoms with Gasteiger partial charge >= 0.3 is 0 Å². The summed E-state index contributed by atoms with van der Waals surface area (Å²) < 4.78 is 29.2. The first-order chi connectivity index (χ1) is 20.5. The highest BCUT2D eigenvalue weighted by molar-refractivity contribution is 7.92. The van der Waals surface area contributed by atoms with Gasteiger partial charge in [0.15, 0.2) is 0 Å². The number of carbonyl (C=O) groups is 2. The van der Waals surface area contributed by atoms with Crippen molar-refractivity contribution in [1.29, 1.82) is 0 Å². The van der Waals surface area contributed by atoms with Crippen molar-refractivity contribution in [2.75, 3.05) is 17.9 Å². The van der Waals surface area contributed by atoms with Gasteiger partial charge in [0, 0.05) is 30.1 Å². The average molecular weight is 639 g/mol. The normalized spacial score (nSPS) is 11.9. The number of benzene rings is 4. The average Bonchev–Trinajstić information content (AvgIpc) is 2.99. The Hall–Kier alpha value is -3.85. The molecule has 224 valence electrons. The van der Waals surface area contributed by atoms with E-state index in [1.165, 1.54) is 30.1 Å². The first-order valence-electron chi connectivity index (χ1n) is 13.6. The smallest absolute Gasteiger partial charge is 0.264 e. The number of nitrogens with zero attached hydrogens (tertiary/aromatic N) is 2. The van der Waals surface area contributed by atoms with Crippen LogP contribution in [-0.4, -0.2) is 44.8 Å². The lowest BCUT2D eigenvalue weighted by Crippen LogP contribution is -2.53. The number of anilines is 1. The second kappa shape index (κ2) is 14.1. The summed E-state index contributed by atoms with van der Waals surface area (Å²) in [5.41, 5.74) is 3.41. The molecule has 0 saturated heterocycles. The van der Waals surface area contributed by atoms with E-state index in [1.54, 1.807) is 55.5 Å². The fourth-order valence-electron chi connectivity index (χ4n) is 4.66. The van der Waals surface area contributed by atoms with E-state index in [1.807, 2.05) is 37.3 Å². The third kappa shape index (κ3) is 7.96. The van der Waals surface area contributed by atoms with Gasteiger partial charge in [-0.3, -0.25) is 13.9 Å². The number of rotatable bonds is 11. The monoisotopic (exact) mass is 637 g/mol. The van der Waals surface area contributed by atoms with Crippen LogP contribution in [0.1, 0.15) is 22.3 Å². The summed E-state index contributed by atoms with van der Waals surface area (Å²) in [5.74, 6) is -0.956. The predicted molar refractivity (Wildman–Crippen MR) is 172 cm³/mol. The highest BCUT2D eigenvalue weighted by atomic mass is 35.5. The molecule has 0 fully saturated rings. The van der Waals surface area contributed by atoms with Crippen molar-refractivity contribution in [1.82, 2.24) is 10.2 Å². The van der Waals surface area contributed by atoms with Gasteiger partial charge in [-0.05, 0) is 66.9 Å². The molecule has 0 spiro atoms. The number of aryl methyl sites for hydroxylation is 2. The van der Waals surface area contributed by atoms with Gasteiger partial charge in [-0.2, -0.15) is 0 Å². The number of hydrogen-bond donors (Lipinski definition) is 1. The van der Waals surface area contributed by atoms with Crippen LogP contribution in [0.4, 0.5) is 5.69 Å². The molecule has 4 aromatic carbocycles. The summed E-state index contributed by atoms with van der Waals surface area (Å²) in [6.45, 7) is 3.12. The highest BCUT2D eigenvalue weighted by Crippen LogP contribution is 2.29. The van der Waals surface area contributed by atoms with Crippen LogP contribution in [0.3, 0.4) is 0 Å². The van der Waals surface area contributed by atoms with E-state index in [9.17, 15) is 18.0 Å². The maximum absolute atomic E-state index is 14.3. The minimum absolute atomic E-state index is 0.0242. The van der Waals surface area contributed by atoms with Crippen LogP contribution in [0, 0.1) is 13.8 Å². The zero-order valence-electron chi connectivity index (χ0n) is 24.1. The minimum atomic E-state index is -4.21. The Balaban J connectivity index is 1.80. The molecule has 4 rings (SSSR count). The van der Waals surface area contributed by atoms with Gasteiger partial charge in [-0.15, -0.1) is 0 Å². The van der Waals surface area contributed by atoms with Crippen LogP contribution in [0.15, 0.2) is 102 Å². The number of hydrogen-bond acceptors (Lipinski definition) is 4. The molecule has 2 amide bonds. The SMILES string of the molecule is CNC(=O)[C@H](Cc1ccccc1)N(Cc1cccc(Cl)c1)C(=O)CN(c1ccc(C)c(Cl)c1)S(=O)(=O)c1ccc(C)cc1. The molecule has 0 radical (unpaired) electrons. The lowest BCUT2D eigenvalue weighted by molar-refractivity contribution is -0.139. The number of halogens is 2. The highest BCUT2D eigenvalue weighted by Gasteiger charge is 2.34. The second-order valence-electron chi connectivity index (χ2n) is 10.2. The number of sulfonamides is 1. The molecule has 7 nitrogen and oxygen atoms in total. The van der Waals surface area contributed by atoms with E-state index in [2.05, 4.69) is 5.32 Å². The Bertz CT molecular complexity index is 1700. The number of amides is 2. The topological polar surface area (TPSA) is 86.8 Å². The Morgan fingerprint density at radius 3 is 2.14 bits per heavy atom. The molecule has 0 saturated carbocycles. The standard InChI is InChI=1S/C33H33Cl2N3O4S/c1-23-12-16-29(17-13-23)43(41,42)38(28-15-14-24(2)30(35)20-28)22-32(39)37(21-26-10-7-11-27(34)18-26)31(33(40)36-3)19-25-8-5-4-6-9-25/h4-18,20,31H,19,21-22H2,1-3H3,(H,36,40)/t31-/m0/s1. The molecule has 4 aromatic rings. The predicted octanol–water partition coefficient (Wildman–Crippen LogP) is 6.19. The van der Waals surface area contributed by atoms with Gasteiger partial charge in [0.2, 0.25) is 11.8 Å². The van der Waals surface area contributed by atoms with Crippen molar-refractivity contribution in [2.24, 2.45) is 0 Å². The summed E-state index contributed by atoms with van der Waals surface area (Å²) >= 11 is 12.7. The maximum atomic E-state index is 14.3.